The van der Waals surface area contributed by atoms with Crippen molar-refractivity contribution >= 4 is 40.0 Å². The van der Waals surface area contributed by atoms with Crippen LogP contribution in [0, 0.1) is 23.2 Å². The Morgan fingerprint density at radius 2 is 1.90 bits per heavy atom. The number of pyridine rings is 1. The summed E-state index contributed by atoms with van der Waals surface area (Å²) in [4.78, 5) is 61.5. The van der Waals surface area contributed by atoms with E-state index in [1.165, 1.54) is 16.3 Å². The number of fused-ring (bicyclic) bond motifs is 6. The molecular formula is C47H56N8O6S. The summed E-state index contributed by atoms with van der Waals surface area (Å²) in [5.74, 6) is -2.13. The van der Waals surface area contributed by atoms with Gasteiger partial charge < -0.3 is 24.1 Å². The molecule has 1 aromatic carbocycles. The first kappa shape index (κ1) is 43.3. The maximum absolute atomic E-state index is 14.9. The Bertz CT molecular complexity index is 2480. The number of benzene rings is 1. The highest BCUT2D eigenvalue weighted by atomic mass is 32.1. The number of hydrogen-bond acceptors (Lipinski definition) is 12. The summed E-state index contributed by atoms with van der Waals surface area (Å²) in [6, 6.07) is 11.4. The van der Waals surface area contributed by atoms with Crippen LogP contribution in [0.15, 0.2) is 72.6 Å². The van der Waals surface area contributed by atoms with E-state index in [0.717, 1.165) is 44.7 Å². The average molecular weight is 861 g/mol. The molecule has 0 radical (unpaired) electrons. The highest BCUT2D eigenvalue weighted by molar-refractivity contribution is 7.10. The van der Waals surface area contributed by atoms with Crippen molar-refractivity contribution in [2.45, 2.75) is 91.5 Å². The molecule has 6 bridgehead atoms. The number of rotatable bonds is 10. The molecule has 15 heteroatoms. The van der Waals surface area contributed by atoms with E-state index in [1.807, 2.05) is 32.2 Å². The fraction of sp³-hybridized carbons (Fsp3) is 0.468. The molecule has 2 N–H and O–H groups in total. The number of hydrazine groups is 1. The van der Waals surface area contributed by atoms with Crippen molar-refractivity contribution < 1.29 is 28.6 Å². The quantitative estimate of drug-likeness (QED) is 0.135. The second kappa shape index (κ2) is 17.8. The highest BCUT2D eigenvalue weighted by Crippen LogP contribution is 2.53. The second-order valence-corrected chi connectivity index (χ2v) is 18.2. The number of ether oxygens (including phenoxy) is 3. The number of nitrogens with one attached hydrogen (secondary N) is 2. The number of hydrogen-bond donors (Lipinski definition) is 2. The second-order valence-electron chi connectivity index (χ2n) is 17.3. The number of aryl methyl sites for hydroxylation is 1. The number of thiazole rings is 1. The zero-order valence-electron chi connectivity index (χ0n) is 36.5. The molecule has 14 nitrogen and oxygen atoms in total. The van der Waals surface area contributed by atoms with Gasteiger partial charge in [-0.2, -0.15) is 0 Å². The molecule has 1 aliphatic carbocycles. The number of esters is 1. The number of methoxy groups -OCH3 is 1. The summed E-state index contributed by atoms with van der Waals surface area (Å²) >= 11 is 1.39. The molecule has 62 heavy (non-hydrogen) atoms. The standard InChI is InChI=1S/C47H56N8O6S/c1-9-54-35-17-16-29-22-31(35)32(40(54)30-14-11-18-48-39(30)28(5)59-8)23-47(6,7)25-61-46(58)33-15-12-21-55(53-33)45(57)38(41(60-10-2)44-52-34(29)24-62-44)27(4)51-43(56)37-26(3)36(37)42-49-19-13-20-50-42/h11,13-14,16-20,22,24,26,28,33,36-38,41,53H,4,9-10,12,15,21,23,25H2,1-3,5-8H3,(H,51,56)/t26-,28-,33-,36+,37+,38-,41-/m0/s1. The summed E-state index contributed by atoms with van der Waals surface area (Å²) in [6.45, 7) is 18.0. The molecule has 2 aliphatic heterocycles. The molecule has 4 aromatic heterocycles. The molecule has 0 spiro atoms. The Hall–Kier alpha value is -5.35. The largest absolute Gasteiger partial charge is 0.464 e. The van der Waals surface area contributed by atoms with Crippen LogP contribution in [-0.4, -0.2) is 80.2 Å². The van der Waals surface area contributed by atoms with E-state index < -0.39 is 41.3 Å². The SMILES string of the molecule is C=C(NC(=O)[C@@H]1[C@@H](C)[C@H]1c1ncccn1)[C@@H]1C(=O)N2CCC[C@H](N2)C(=O)OCC(C)(C)Cc2c(-c3cccnc3[C@H](C)OC)n(CC)c3ccc(cc23)-c2csc(n2)[C@H]1OCC. The van der Waals surface area contributed by atoms with Crippen molar-refractivity contribution in [3.8, 4) is 22.5 Å². The van der Waals surface area contributed by atoms with E-state index in [4.69, 9.17) is 24.2 Å². The number of cyclic esters (lactones) is 1. The molecule has 3 aliphatic rings. The van der Waals surface area contributed by atoms with Gasteiger partial charge in [-0.3, -0.25) is 24.4 Å². The van der Waals surface area contributed by atoms with Gasteiger partial charge >= 0.3 is 5.97 Å². The van der Waals surface area contributed by atoms with Crippen LogP contribution in [0.25, 0.3) is 33.4 Å². The minimum atomic E-state index is -1.09. The third-order valence-corrected chi connectivity index (χ3v) is 13.4. The summed E-state index contributed by atoms with van der Waals surface area (Å²) in [5.41, 5.74) is 9.53. The molecule has 2 amide bonds. The Morgan fingerprint density at radius 3 is 2.65 bits per heavy atom. The first-order chi connectivity index (χ1) is 29.8. The van der Waals surface area contributed by atoms with Crippen molar-refractivity contribution in [3.05, 3.63) is 94.7 Å². The Morgan fingerprint density at radius 1 is 1.13 bits per heavy atom. The van der Waals surface area contributed by atoms with Gasteiger partial charge in [0.15, 0.2) is 0 Å². The summed E-state index contributed by atoms with van der Waals surface area (Å²) in [6.07, 6.45) is 5.61. The van der Waals surface area contributed by atoms with Gasteiger partial charge in [-0.15, -0.1) is 11.3 Å². The van der Waals surface area contributed by atoms with Crippen LogP contribution in [0.2, 0.25) is 0 Å². The summed E-state index contributed by atoms with van der Waals surface area (Å²) in [5, 5.41) is 8.06. The lowest BCUT2D eigenvalue weighted by Gasteiger charge is -2.37. The molecule has 1 saturated carbocycles. The van der Waals surface area contributed by atoms with Crippen molar-refractivity contribution in [1.82, 2.24) is 40.3 Å². The number of nitrogens with zero attached hydrogens (tertiary/aromatic N) is 6. The van der Waals surface area contributed by atoms with E-state index in [9.17, 15) is 14.4 Å². The van der Waals surface area contributed by atoms with Crippen LogP contribution in [-0.2, 0) is 41.6 Å². The van der Waals surface area contributed by atoms with Gasteiger partial charge in [0.1, 0.15) is 28.9 Å². The van der Waals surface area contributed by atoms with Gasteiger partial charge in [0.2, 0.25) is 11.8 Å². The molecule has 0 unspecified atom stereocenters. The Kier molecular flexibility index (Phi) is 12.4. The fourth-order valence-corrected chi connectivity index (χ4v) is 10.1. The monoisotopic (exact) mass is 860 g/mol. The summed E-state index contributed by atoms with van der Waals surface area (Å²) < 4.78 is 20.7. The van der Waals surface area contributed by atoms with Crippen LogP contribution in [0.4, 0.5) is 0 Å². The van der Waals surface area contributed by atoms with Crippen LogP contribution in [0.5, 0.6) is 0 Å². The minimum absolute atomic E-state index is 0.000549. The Balaban J connectivity index is 1.23. The number of amides is 2. The lowest BCUT2D eigenvalue weighted by Crippen LogP contribution is -2.58. The molecule has 326 valence electrons. The third kappa shape index (κ3) is 8.30. The average Bonchev–Trinajstić information content (AvgIpc) is 3.56. The first-order valence-corrected chi connectivity index (χ1v) is 22.4. The van der Waals surface area contributed by atoms with Crippen molar-refractivity contribution in [3.63, 3.8) is 0 Å². The molecule has 6 heterocycles. The van der Waals surface area contributed by atoms with E-state index in [0.29, 0.717) is 43.2 Å². The van der Waals surface area contributed by atoms with E-state index in [1.54, 1.807) is 31.8 Å². The lowest BCUT2D eigenvalue weighted by atomic mass is 9.84. The van der Waals surface area contributed by atoms with Crippen LogP contribution < -0.4 is 10.7 Å². The molecule has 5 aromatic rings. The van der Waals surface area contributed by atoms with Crippen LogP contribution >= 0.6 is 11.3 Å². The topological polar surface area (TPSA) is 163 Å². The summed E-state index contributed by atoms with van der Waals surface area (Å²) in [7, 11) is 1.69. The predicted molar refractivity (Wildman–Crippen MR) is 236 cm³/mol. The zero-order chi connectivity index (χ0) is 43.9. The normalized spacial score (nSPS) is 24.3. The lowest BCUT2D eigenvalue weighted by molar-refractivity contribution is -0.156. The smallest absolute Gasteiger partial charge is 0.324 e. The van der Waals surface area contributed by atoms with Gasteiger partial charge in [0.05, 0.1) is 35.7 Å². The van der Waals surface area contributed by atoms with Gasteiger partial charge in [-0.1, -0.05) is 33.4 Å². The molecule has 2 fully saturated rings. The first-order valence-electron chi connectivity index (χ1n) is 21.6. The van der Waals surface area contributed by atoms with E-state index in [2.05, 4.69) is 76.9 Å². The number of carbonyl (C=O) groups excluding carboxylic acids is 3. The molecule has 1 saturated heterocycles. The molecule has 7 atom stereocenters. The fourth-order valence-electron chi connectivity index (χ4n) is 9.20. The predicted octanol–water partition coefficient (Wildman–Crippen LogP) is 7.34. The van der Waals surface area contributed by atoms with Gasteiger partial charge in [-0.05, 0) is 81.8 Å². The number of carbonyl (C=O) groups is 3. The molecular weight excluding hydrogens is 805 g/mol. The van der Waals surface area contributed by atoms with Gasteiger partial charge in [0.25, 0.3) is 0 Å². The van der Waals surface area contributed by atoms with Crippen LogP contribution in [0.1, 0.15) is 94.6 Å². The van der Waals surface area contributed by atoms with E-state index in [-0.39, 0.29) is 42.8 Å². The maximum Gasteiger partial charge on any atom is 0.324 e. The van der Waals surface area contributed by atoms with Gasteiger partial charge in [-0.25, -0.2) is 20.4 Å². The maximum atomic E-state index is 14.9. The van der Waals surface area contributed by atoms with Crippen molar-refractivity contribution in [1.29, 1.82) is 0 Å². The highest BCUT2D eigenvalue weighted by Gasteiger charge is 2.55. The number of aromatic nitrogens is 5. The van der Waals surface area contributed by atoms with Gasteiger partial charge in [0, 0.05) is 89.8 Å². The van der Waals surface area contributed by atoms with Crippen molar-refractivity contribution in [2.24, 2.45) is 23.2 Å². The van der Waals surface area contributed by atoms with E-state index >= 15 is 0 Å². The minimum Gasteiger partial charge on any atom is -0.464 e. The molecule has 8 rings (SSSR count). The van der Waals surface area contributed by atoms with Crippen molar-refractivity contribution in [2.75, 3.05) is 26.9 Å². The Labute approximate surface area is 366 Å². The van der Waals surface area contributed by atoms with Crippen LogP contribution in [0.3, 0.4) is 0 Å². The third-order valence-electron chi connectivity index (χ3n) is 12.5. The zero-order valence-corrected chi connectivity index (χ0v) is 37.3.